The molecule has 0 bridgehead atoms. The van der Waals surface area contributed by atoms with Crippen molar-refractivity contribution in [1.29, 1.82) is 0 Å². The van der Waals surface area contributed by atoms with Gasteiger partial charge in [-0.3, -0.25) is 0 Å². The Kier molecular flexibility index (Phi) is 8.71. The van der Waals surface area contributed by atoms with Crippen molar-refractivity contribution >= 4 is 0 Å². The number of aromatic nitrogens is 2. The second-order valence-corrected chi connectivity index (χ2v) is 8.15. The fourth-order valence-electron chi connectivity index (χ4n) is 4.29. The highest BCUT2D eigenvalue weighted by Crippen LogP contribution is 2.28. The van der Waals surface area contributed by atoms with Crippen LogP contribution in [0.4, 0.5) is 0 Å². The molecule has 3 rings (SSSR count). The number of rotatable bonds is 12. The molecule has 2 aromatic rings. The average Bonchev–Trinajstić information content (AvgIpc) is 3.37. The molecule has 1 saturated heterocycles. The van der Waals surface area contributed by atoms with Crippen molar-refractivity contribution in [3.8, 4) is 11.4 Å². The Morgan fingerprint density at radius 1 is 1.17 bits per heavy atom. The second kappa shape index (κ2) is 11.5. The van der Waals surface area contributed by atoms with Crippen molar-refractivity contribution in [1.82, 2.24) is 20.0 Å². The minimum absolute atomic E-state index is 0.286. The first kappa shape index (κ1) is 22.0. The minimum atomic E-state index is 0.286. The number of hydrazine groups is 1. The summed E-state index contributed by atoms with van der Waals surface area (Å²) in [5.41, 5.74) is 6.39. The Balaban J connectivity index is 1.88. The summed E-state index contributed by atoms with van der Waals surface area (Å²) in [6, 6.07) is 11.3. The van der Waals surface area contributed by atoms with Gasteiger partial charge in [-0.1, -0.05) is 63.4 Å². The Labute approximate surface area is 176 Å². The highest BCUT2D eigenvalue weighted by Gasteiger charge is 2.28. The van der Waals surface area contributed by atoms with Crippen molar-refractivity contribution in [2.75, 3.05) is 20.3 Å². The second-order valence-electron chi connectivity index (χ2n) is 8.15. The zero-order chi connectivity index (χ0) is 20.5. The van der Waals surface area contributed by atoms with Crippen LogP contribution >= 0.6 is 0 Å². The van der Waals surface area contributed by atoms with Gasteiger partial charge >= 0.3 is 0 Å². The maximum Gasteiger partial charge on any atom is 0.140 e. The molecule has 0 radical (unpaired) electrons. The number of hydrogen-bond donors (Lipinski definition) is 1. The average molecular weight is 399 g/mol. The van der Waals surface area contributed by atoms with Gasteiger partial charge in [-0.2, -0.15) is 0 Å². The molecule has 1 aliphatic heterocycles. The van der Waals surface area contributed by atoms with Gasteiger partial charge < -0.3 is 9.30 Å². The van der Waals surface area contributed by atoms with Crippen molar-refractivity contribution < 1.29 is 4.74 Å². The number of ether oxygens (including phenoxy) is 1. The van der Waals surface area contributed by atoms with Crippen LogP contribution in [0.2, 0.25) is 0 Å². The Morgan fingerprint density at radius 2 is 1.97 bits per heavy atom. The van der Waals surface area contributed by atoms with Crippen LogP contribution in [0.5, 0.6) is 0 Å². The summed E-state index contributed by atoms with van der Waals surface area (Å²) in [5, 5.41) is 2.42. The Bertz CT molecular complexity index is 715. The number of nitrogens with zero attached hydrogens (tertiary/aromatic N) is 3. The summed E-state index contributed by atoms with van der Waals surface area (Å²) in [6.07, 6.45) is 10.4. The van der Waals surface area contributed by atoms with Gasteiger partial charge in [0.2, 0.25) is 0 Å². The molecule has 160 valence electrons. The molecule has 0 spiro atoms. The van der Waals surface area contributed by atoms with E-state index in [-0.39, 0.29) is 6.04 Å². The SMILES string of the molecule is CCCC[C@@H](NN1CCC[C@H]1COC)c1cnc(-c2ccccc2)n1CCCC. The van der Waals surface area contributed by atoms with Gasteiger partial charge in [0.1, 0.15) is 5.82 Å². The normalized spacial score (nSPS) is 18.4. The largest absolute Gasteiger partial charge is 0.383 e. The van der Waals surface area contributed by atoms with Crippen LogP contribution in [0, 0.1) is 0 Å². The smallest absolute Gasteiger partial charge is 0.140 e. The van der Waals surface area contributed by atoms with Crippen LogP contribution in [0.3, 0.4) is 0 Å². The molecule has 1 fully saturated rings. The maximum absolute atomic E-state index is 5.46. The predicted molar refractivity (Wildman–Crippen MR) is 120 cm³/mol. The van der Waals surface area contributed by atoms with E-state index in [1.54, 1.807) is 7.11 Å². The fraction of sp³-hybridized carbons (Fsp3) is 0.625. The van der Waals surface area contributed by atoms with Gasteiger partial charge in [-0.05, 0) is 25.7 Å². The maximum atomic E-state index is 5.46. The lowest BCUT2D eigenvalue weighted by atomic mass is 10.1. The topological polar surface area (TPSA) is 42.3 Å². The third-order valence-electron chi connectivity index (χ3n) is 5.91. The molecule has 1 aromatic heterocycles. The van der Waals surface area contributed by atoms with E-state index in [2.05, 4.69) is 65.4 Å². The van der Waals surface area contributed by atoms with Crippen LogP contribution in [0.25, 0.3) is 11.4 Å². The van der Waals surface area contributed by atoms with E-state index in [0.29, 0.717) is 6.04 Å². The van der Waals surface area contributed by atoms with E-state index in [9.17, 15) is 0 Å². The van der Waals surface area contributed by atoms with Crippen molar-refractivity contribution in [2.24, 2.45) is 0 Å². The van der Waals surface area contributed by atoms with Crippen molar-refractivity contribution in [3.05, 3.63) is 42.2 Å². The zero-order valence-electron chi connectivity index (χ0n) is 18.4. The van der Waals surface area contributed by atoms with E-state index in [0.717, 1.165) is 31.9 Å². The summed E-state index contributed by atoms with van der Waals surface area (Å²) in [5.74, 6) is 1.09. The fourth-order valence-corrected chi connectivity index (χ4v) is 4.29. The molecule has 5 nitrogen and oxygen atoms in total. The highest BCUT2D eigenvalue weighted by atomic mass is 16.5. The van der Waals surface area contributed by atoms with E-state index < -0.39 is 0 Å². The summed E-state index contributed by atoms with van der Waals surface area (Å²) in [7, 11) is 1.80. The Hall–Kier alpha value is -1.69. The van der Waals surface area contributed by atoms with E-state index in [1.807, 2.05) is 0 Å². The van der Waals surface area contributed by atoms with Crippen LogP contribution < -0.4 is 5.43 Å². The number of nitrogens with one attached hydrogen (secondary N) is 1. The first-order chi connectivity index (χ1) is 14.3. The molecule has 1 aromatic carbocycles. The number of imidazole rings is 1. The van der Waals surface area contributed by atoms with Crippen molar-refractivity contribution in [2.45, 2.75) is 77.4 Å². The molecule has 5 heteroatoms. The van der Waals surface area contributed by atoms with Crippen LogP contribution in [-0.2, 0) is 11.3 Å². The monoisotopic (exact) mass is 398 g/mol. The summed E-state index contributed by atoms with van der Waals surface area (Å²) >= 11 is 0. The first-order valence-corrected chi connectivity index (χ1v) is 11.4. The van der Waals surface area contributed by atoms with E-state index in [1.165, 1.54) is 49.8 Å². The minimum Gasteiger partial charge on any atom is -0.383 e. The third-order valence-corrected chi connectivity index (χ3v) is 5.91. The van der Waals surface area contributed by atoms with Gasteiger partial charge in [0.15, 0.2) is 0 Å². The third kappa shape index (κ3) is 5.68. The van der Waals surface area contributed by atoms with Gasteiger partial charge in [0.05, 0.1) is 24.5 Å². The number of unbranched alkanes of at least 4 members (excludes halogenated alkanes) is 2. The quantitative estimate of drug-likeness (QED) is 0.534. The number of hydrogen-bond acceptors (Lipinski definition) is 4. The van der Waals surface area contributed by atoms with Crippen molar-refractivity contribution in [3.63, 3.8) is 0 Å². The lowest BCUT2D eigenvalue weighted by molar-refractivity contribution is 0.0677. The van der Waals surface area contributed by atoms with E-state index >= 15 is 0 Å². The predicted octanol–water partition coefficient (Wildman–Crippen LogP) is 5.20. The molecule has 1 aliphatic rings. The first-order valence-electron chi connectivity index (χ1n) is 11.4. The number of methoxy groups -OCH3 is 1. The molecule has 29 heavy (non-hydrogen) atoms. The molecule has 0 saturated carbocycles. The van der Waals surface area contributed by atoms with Gasteiger partial charge in [0.25, 0.3) is 0 Å². The van der Waals surface area contributed by atoms with Gasteiger partial charge in [0, 0.05) is 31.8 Å². The Morgan fingerprint density at radius 3 is 2.69 bits per heavy atom. The molecular weight excluding hydrogens is 360 g/mol. The van der Waals surface area contributed by atoms with Crippen LogP contribution in [0.15, 0.2) is 36.5 Å². The highest BCUT2D eigenvalue weighted by molar-refractivity contribution is 5.56. The lowest BCUT2D eigenvalue weighted by Crippen LogP contribution is -2.45. The molecule has 0 amide bonds. The molecular formula is C24H38N4O. The van der Waals surface area contributed by atoms with Crippen LogP contribution in [0.1, 0.15) is 70.5 Å². The summed E-state index contributed by atoms with van der Waals surface area (Å²) < 4.78 is 7.92. The molecule has 2 atom stereocenters. The van der Waals surface area contributed by atoms with Gasteiger partial charge in [-0.15, -0.1) is 0 Å². The molecule has 0 aliphatic carbocycles. The summed E-state index contributed by atoms with van der Waals surface area (Å²) in [6.45, 7) is 7.42. The molecule has 1 N–H and O–H groups in total. The number of benzene rings is 1. The zero-order valence-corrected chi connectivity index (χ0v) is 18.4. The molecule has 2 heterocycles. The van der Waals surface area contributed by atoms with Gasteiger partial charge in [-0.25, -0.2) is 15.4 Å². The summed E-state index contributed by atoms with van der Waals surface area (Å²) in [4.78, 5) is 4.88. The van der Waals surface area contributed by atoms with Crippen LogP contribution in [-0.4, -0.2) is 40.9 Å². The van der Waals surface area contributed by atoms with E-state index in [4.69, 9.17) is 9.72 Å². The lowest BCUT2D eigenvalue weighted by Gasteiger charge is -2.31. The standard InChI is InChI=1S/C24H38N4O/c1-4-6-15-22(26-28-17-11-14-21(28)19-29-3)23-18-25-24(27(23)16-7-5-2)20-12-9-8-10-13-20/h8-10,12-13,18,21-22,26H,4-7,11,14-17,19H2,1-3H3/t21-,22+/m0/s1. The molecule has 0 unspecified atom stereocenters.